The molecule has 0 radical (unpaired) electrons. The van der Waals surface area contributed by atoms with E-state index in [0.29, 0.717) is 0 Å². The van der Waals surface area contributed by atoms with Crippen LogP contribution in [0, 0.1) is 0 Å². The van der Waals surface area contributed by atoms with Crippen LogP contribution in [0.4, 0.5) is 0 Å². The fourth-order valence-corrected chi connectivity index (χ4v) is 2.62. The Morgan fingerprint density at radius 3 is 2.78 bits per heavy atom. The Morgan fingerprint density at radius 1 is 1.56 bits per heavy atom. The molecular weight excluding hydrogens is 351 g/mol. The highest BCUT2D eigenvalue weighted by molar-refractivity contribution is 9.10. The average molecular weight is 360 g/mol. The molecule has 1 aromatic heterocycles. The van der Waals surface area contributed by atoms with Gasteiger partial charge in [0.15, 0.2) is 6.23 Å². The van der Waals surface area contributed by atoms with Crippen molar-refractivity contribution in [2.24, 2.45) is 0 Å². The van der Waals surface area contributed by atoms with Gasteiger partial charge in [-0.15, -0.1) is 23.2 Å². The molecule has 0 bridgehead atoms. The number of ether oxygens (including phenoxy) is 1. The smallest absolute Gasteiger partial charge is 0.330 e. The van der Waals surface area contributed by atoms with Gasteiger partial charge >= 0.3 is 5.69 Å². The number of nitrogens with zero attached hydrogens (tertiary/aromatic N) is 1. The molecule has 0 spiro atoms. The van der Waals surface area contributed by atoms with Gasteiger partial charge in [0, 0.05) is 6.20 Å². The summed E-state index contributed by atoms with van der Waals surface area (Å²) in [4.78, 5) is 25.0. The van der Waals surface area contributed by atoms with Crippen molar-refractivity contribution in [3.8, 4) is 0 Å². The van der Waals surface area contributed by atoms with Crippen LogP contribution in [0.1, 0.15) is 6.23 Å². The molecule has 0 aromatic carbocycles. The molecule has 0 unspecified atom stereocenters. The summed E-state index contributed by atoms with van der Waals surface area (Å²) in [6.45, 7) is 0. The number of rotatable bonds is 2. The zero-order valence-corrected chi connectivity index (χ0v) is 11.9. The van der Waals surface area contributed by atoms with Gasteiger partial charge in [0.25, 0.3) is 5.56 Å². The highest BCUT2D eigenvalue weighted by atomic mass is 79.9. The van der Waals surface area contributed by atoms with E-state index in [-0.39, 0.29) is 10.4 Å². The molecule has 0 aliphatic carbocycles. The Hall–Kier alpha value is -0.340. The number of nitrogens with one attached hydrogen (secondary N) is 1. The molecular formula is C9H9BrCl2N2O4. The summed E-state index contributed by atoms with van der Waals surface area (Å²) < 4.78 is 6.68. The Morgan fingerprint density at radius 2 is 2.22 bits per heavy atom. The molecule has 100 valence electrons. The van der Waals surface area contributed by atoms with Gasteiger partial charge in [-0.05, 0) is 15.9 Å². The second-order valence-electron chi connectivity index (χ2n) is 3.80. The zero-order chi connectivity index (χ0) is 13.4. The third-order valence-corrected chi connectivity index (χ3v) is 3.99. The molecule has 2 heterocycles. The van der Waals surface area contributed by atoms with Crippen molar-refractivity contribution >= 4 is 39.1 Å². The number of halogens is 3. The number of hydrogen-bond acceptors (Lipinski definition) is 4. The molecule has 2 rings (SSSR count). The van der Waals surface area contributed by atoms with E-state index in [1.165, 1.54) is 6.20 Å². The molecule has 1 fully saturated rings. The number of aliphatic hydroxyl groups excluding tert-OH is 1. The van der Waals surface area contributed by atoms with Crippen LogP contribution in [0.2, 0.25) is 0 Å². The summed E-state index contributed by atoms with van der Waals surface area (Å²) >= 11 is 14.6. The van der Waals surface area contributed by atoms with Crippen molar-refractivity contribution < 1.29 is 9.84 Å². The molecule has 2 N–H and O–H groups in total. The predicted octanol–water partition coefficient (Wildman–Crippen LogP) is 0.404. The highest BCUT2D eigenvalue weighted by Crippen LogP contribution is 2.33. The fraction of sp³-hybridized carbons (Fsp3) is 0.556. The van der Waals surface area contributed by atoms with Crippen molar-refractivity contribution in [1.29, 1.82) is 0 Å². The van der Waals surface area contributed by atoms with E-state index in [2.05, 4.69) is 20.9 Å². The highest BCUT2D eigenvalue weighted by Gasteiger charge is 2.43. The van der Waals surface area contributed by atoms with Gasteiger partial charge in [0.2, 0.25) is 0 Å². The van der Waals surface area contributed by atoms with Crippen LogP contribution in [-0.4, -0.2) is 38.1 Å². The van der Waals surface area contributed by atoms with E-state index >= 15 is 0 Å². The number of aliphatic hydroxyl groups is 1. The number of hydrogen-bond donors (Lipinski definition) is 2. The summed E-state index contributed by atoms with van der Waals surface area (Å²) in [7, 11) is 0. The van der Waals surface area contributed by atoms with Crippen LogP contribution < -0.4 is 11.2 Å². The number of aromatic amines is 1. The lowest BCUT2D eigenvalue weighted by atomic mass is 10.2. The number of aromatic nitrogens is 2. The minimum Gasteiger partial charge on any atom is -0.389 e. The second-order valence-corrected chi connectivity index (χ2v) is 5.46. The maximum absolute atomic E-state index is 11.7. The molecule has 9 heteroatoms. The fourth-order valence-electron chi connectivity index (χ4n) is 1.70. The molecule has 4 atom stereocenters. The maximum Gasteiger partial charge on any atom is 0.330 e. The summed E-state index contributed by atoms with van der Waals surface area (Å²) in [5.74, 6) is 0.0557. The van der Waals surface area contributed by atoms with Gasteiger partial charge in [-0.3, -0.25) is 14.3 Å². The summed E-state index contributed by atoms with van der Waals surface area (Å²) in [5.41, 5.74) is -1.21. The topological polar surface area (TPSA) is 84.3 Å². The molecule has 1 aliphatic heterocycles. The monoisotopic (exact) mass is 358 g/mol. The lowest BCUT2D eigenvalue weighted by Crippen LogP contribution is -2.35. The van der Waals surface area contributed by atoms with E-state index in [9.17, 15) is 14.7 Å². The maximum atomic E-state index is 11.7. The van der Waals surface area contributed by atoms with Crippen LogP contribution in [0.25, 0.3) is 0 Å². The Bertz CT molecular complexity index is 560. The minimum absolute atomic E-state index is 0.0557. The first-order valence-electron chi connectivity index (χ1n) is 5.00. The second kappa shape index (κ2) is 5.34. The molecule has 1 saturated heterocycles. The van der Waals surface area contributed by atoms with Crippen LogP contribution in [0.3, 0.4) is 0 Å². The predicted molar refractivity (Wildman–Crippen MR) is 69.3 cm³/mol. The van der Waals surface area contributed by atoms with E-state index in [0.717, 1.165) is 4.57 Å². The molecule has 6 nitrogen and oxygen atoms in total. The van der Waals surface area contributed by atoms with Crippen molar-refractivity contribution in [3.63, 3.8) is 0 Å². The first kappa shape index (κ1) is 14.1. The number of alkyl halides is 2. The van der Waals surface area contributed by atoms with Gasteiger partial charge in [-0.1, -0.05) is 0 Å². The number of H-pyrrole nitrogens is 1. The Balaban J connectivity index is 2.42. The van der Waals surface area contributed by atoms with Crippen LogP contribution in [0.15, 0.2) is 20.3 Å². The van der Waals surface area contributed by atoms with Crippen molar-refractivity contribution in [1.82, 2.24) is 9.55 Å². The van der Waals surface area contributed by atoms with Crippen LogP contribution in [-0.2, 0) is 4.74 Å². The van der Waals surface area contributed by atoms with Crippen molar-refractivity contribution in [2.75, 3.05) is 5.88 Å². The third-order valence-electron chi connectivity index (χ3n) is 2.64. The lowest BCUT2D eigenvalue weighted by molar-refractivity contribution is -0.00806. The molecule has 18 heavy (non-hydrogen) atoms. The van der Waals surface area contributed by atoms with Crippen molar-refractivity contribution in [2.45, 2.75) is 23.8 Å². The standard InChI is InChI=1S/C9H9BrCl2N2O4/c10-3-2-14(9(17)13-7(3)16)8-5(12)6(15)4(1-11)18-8/h2,4-6,8,15H,1H2,(H,13,16,17)/t4-,5-,6-,8-/m1/s1. The quantitative estimate of drug-likeness (QED) is 0.749. The van der Waals surface area contributed by atoms with Gasteiger partial charge in [0.05, 0.1) is 10.4 Å². The van der Waals surface area contributed by atoms with Crippen LogP contribution >= 0.6 is 39.1 Å². The van der Waals surface area contributed by atoms with Gasteiger partial charge in [-0.25, -0.2) is 4.79 Å². The SMILES string of the molecule is O=c1[nH]c(=O)n([C@@H]2O[C@H](CCl)[C@@H](O)[C@H]2Cl)cc1Br. The van der Waals surface area contributed by atoms with Gasteiger partial charge in [0.1, 0.15) is 17.6 Å². The van der Waals surface area contributed by atoms with Gasteiger partial charge < -0.3 is 9.84 Å². The molecule has 0 saturated carbocycles. The Labute approximate surface area is 120 Å². The van der Waals surface area contributed by atoms with Crippen molar-refractivity contribution in [3.05, 3.63) is 31.5 Å². The largest absolute Gasteiger partial charge is 0.389 e. The zero-order valence-electron chi connectivity index (χ0n) is 8.85. The molecule has 1 aliphatic rings. The van der Waals surface area contributed by atoms with E-state index < -0.39 is 35.1 Å². The van der Waals surface area contributed by atoms with Gasteiger partial charge in [-0.2, -0.15) is 0 Å². The average Bonchev–Trinajstić information content (AvgIpc) is 2.61. The van der Waals surface area contributed by atoms with Crippen LogP contribution in [0.5, 0.6) is 0 Å². The molecule has 0 amide bonds. The minimum atomic E-state index is -0.980. The third kappa shape index (κ3) is 2.37. The first-order chi connectivity index (χ1) is 8.45. The lowest BCUT2D eigenvalue weighted by Gasteiger charge is -2.16. The summed E-state index contributed by atoms with van der Waals surface area (Å²) in [6, 6.07) is 0. The summed E-state index contributed by atoms with van der Waals surface area (Å²) in [5, 5.41) is 8.93. The summed E-state index contributed by atoms with van der Waals surface area (Å²) in [6.07, 6.45) is -1.25. The normalized spacial score (nSPS) is 31.8. The molecule has 1 aromatic rings. The first-order valence-corrected chi connectivity index (χ1v) is 6.76. The van der Waals surface area contributed by atoms with E-state index in [1.54, 1.807) is 0 Å². The van der Waals surface area contributed by atoms with E-state index in [4.69, 9.17) is 27.9 Å². The van der Waals surface area contributed by atoms with E-state index in [1.807, 2.05) is 0 Å². The Kier molecular flexibility index (Phi) is 4.18.